The highest BCUT2D eigenvalue weighted by Crippen LogP contribution is 2.17. The van der Waals surface area contributed by atoms with Gasteiger partial charge in [0.05, 0.1) is 0 Å². The maximum absolute atomic E-state index is 12.9. The predicted octanol–water partition coefficient (Wildman–Crippen LogP) is 3.26. The van der Waals surface area contributed by atoms with Crippen LogP contribution in [0.4, 0.5) is 15.3 Å². The van der Waals surface area contributed by atoms with E-state index in [0.717, 1.165) is 6.54 Å². The summed E-state index contributed by atoms with van der Waals surface area (Å²) >= 11 is 0. The van der Waals surface area contributed by atoms with Gasteiger partial charge in [-0.15, -0.1) is 0 Å². The summed E-state index contributed by atoms with van der Waals surface area (Å²) in [5, 5.41) is 13.6. The van der Waals surface area contributed by atoms with E-state index >= 15 is 0 Å². The van der Waals surface area contributed by atoms with E-state index in [0.29, 0.717) is 38.0 Å². The number of hydrogen-bond acceptors (Lipinski definition) is 8. The lowest BCUT2D eigenvalue weighted by Gasteiger charge is -2.19. The molecule has 0 saturated carbocycles. The monoisotopic (exact) mass is 606 g/mol. The quantitative estimate of drug-likeness (QED) is 0.190. The topological polar surface area (TPSA) is 167 Å². The van der Waals surface area contributed by atoms with Crippen LogP contribution in [0, 0.1) is 0 Å². The van der Waals surface area contributed by atoms with Crippen molar-refractivity contribution in [3.8, 4) is 0 Å². The molecule has 1 aromatic rings. The molecular formula is C30H50N6O7. The Balaban J connectivity index is 2.79. The van der Waals surface area contributed by atoms with Gasteiger partial charge < -0.3 is 41.0 Å². The second-order valence-corrected chi connectivity index (χ2v) is 12.3. The fourth-order valence-electron chi connectivity index (χ4n) is 3.54. The number of nitrogens with zero attached hydrogens (tertiary/aromatic N) is 1. The fourth-order valence-corrected chi connectivity index (χ4v) is 3.54. The summed E-state index contributed by atoms with van der Waals surface area (Å²) in [7, 11) is 3.85. The van der Waals surface area contributed by atoms with Crippen LogP contribution in [0.1, 0.15) is 87.9 Å². The minimum atomic E-state index is -0.605. The SMILES string of the molecule is CN(C)CCCC(=O)Nc1cc(C(=O)NCCCNC(=O)OC(C)(C)C)cc(C(=O)NCCCNC(=O)OC(C)(C)C)c1. The van der Waals surface area contributed by atoms with Crippen LogP contribution >= 0.6 is 0 Å². The summed E-state index contributed by atoms with van der Waals surface area (Å²) in [6.07, 6.45) is 0.774. The molecule has 0 atom stereocenters. The van der Waals surface area contributed by atoms with Crippen molar-refractivity contribution in [3.05, 3.63) is 29.3 Å². The van der Waals surface area contributed by atoms with Crippen molar-refractivity contribution in [1.29, 1.82) is 0 Å². The Morgan fingerprint density at radius 2 is 1.07 bits per heavy atom. The molecule has 5 amide bonds. The molecule has 0 bridgehead atoms. The van der Waals surface area contributed by atoms with E-state index < -0.39 is 35.2 Å². The van der Waals surface area contributed by atoms with Gasteiger partial charge in [0.2, 0.25) is 5.91 Å². The molecule has 5 N–H and O–H groups in total. The van der Waals surface area contributed by atoms with Crippen LogP contribution in [0.5, 0.6) is 0 Å². The average molecular weight is 607 g/mol. The summed E-state index contributed by atoms with van der Waals surface area (Å²) in [4.78, 5) is 63.9. The third-order valence-electron chi connectivity index (χ3n) is 5.36. The van der Waals surface area contributed by atoms with Crippen molar-refractivity contribution < 1.29 is 33.4 Å². The van der Waals surface area contributed by atoms with Gasteiger partial charge in [-0.3, -0.25) is 14.4 Å². The van der Waals surface area contributed by atoms with Crippen LogP contribution in [0.3, 0.4) is 0 Å². The molecule has 0 heterocycles. The number of hydrogen-bond donors (Lipinski definition) is 5. The average Bonchev–Trinajstić information content (AvgIpc) is 2.85. The van der Waals surface area contributed by atoms with E-state index in [1.54, 1.807) is 41.5 Å². The molecule has 1 rings (SSSR count). The van der Waals surface area contributed by atoms with Gasteiger partial charge >= 0.3 is 12.2 Å². The molecular weight excluding hydrogens is 556 g/mol. The second-order valence-electron chi connectivity index (χ2n) is 12.3. The molecule has 0 spiro atoms. The Hall–Kier alpha value is -3.87. The van der Waals surface area contributed by atoms with Gasteiger partial charge in [-0.05, 0) is 99.6 Å². The van der Waals surface area contributed by atoms with E-state index in [2.05, 4.69) is 26.6 Å². The summed E-state index contributed by atoms with van der Waals surface area (Å²) < 4.78 is 10.4. The Morgan fingerprint density at radius 1 is 0.651 bits per heavy atom. The Bertz CT molecular complexity index is 1030. The number of carbonyl (C=O) groups is 5. The first-order chi connectivity index (χ1) is 19.9. The smallest absolute Gasteiger partial charge is 0.407 e. The number of nitrogens with one attached hydrogen (secondary N) is 5. The highest BCUT2D eigenvalue weighted by atomic mass is 16.6. The first-order valence-corrected chi connectivity index (χ1v) is 14.5. The lowest BCUT2D eigenvalue weighted by Crippen LogP contribution is -2.34. The standard InChI is InChI=1S/C30H50N6O7/c1-29(2,3)42-27(40)33-15-10-13-31-25(38)21-18-22(20-23(19-21)35-24(37)12-9-17-36(7)8)26(39)32-14-11-16-34-28(41)43-30(4,5)6/h18-20H,9-17H2,1-8H3,(H,31,38)(H,32,39)(H,33,40)(H,34,41)(H,35,37). The van der Waals surface area contributed by atoms with Crippen molar-refractivity contribution in [3.63, 3.8) is 0 Å². The summed E-state index contributed by atoms with van der Waals surface area (Å²) in [6, 6.07) is 4.48. The molecule has 13 nitrogen and oxygen atoms in total. The third kappa shape index (κ3) is 18.3. The van der Waals surface area contributed by atoms with Crippen molar-refractivity contribution in [2.24, 2.45) is 0 Å². The Kier molecular flexibility index (Phi) is 15.5. The van der Waals surface area contributed by atoms with E-state index in [1.165, 1.54) is 18.2 Å². The second kappa shape index (κ2) is 17.9. The molecule has 0 unspecified atom stereocenters. The molecule has 43 heavy (non-hydrogen) atoms. The molecule has 0 fully saturated rings. The van der Waals surface area contributed by atoms with Crippen LogP contribution in [-0.4, -0.2) is 92.8 Å². The van der Waals surface area contributed by atoms with Crippen molar-refractivity contribution in [2.75, 3.05) is 52.1 Å². The van der Waals surface area contributed by atoms with Crippen LogP contribution < -0.4 is 26.6 Å². The highest BCUT2D eigenvalue weighted by molar-refractivity contribution is 6.02. The lowest BCUT2D eigenvalue weighted by molar-refractivity contribution is -0.116. The van der Waals surface area contributed by atoms with Crippen LogP contribution in [-0.2, 0) is 14.3 Å². The first kappa shape index (κ1) is 37.2. The van der Waals surface area contributed by atoms with Gasteiger partial charge in [0.1, 0.15) is 11.2 Å². The molecule has 0 aliphatic heterocycles. The zero-order chi connectivity index (χ0) is 32.6. The summed E-state index contributed by atoms with van der Waals surface area (Å²) in [5.41, 5.74) is -0.491. The molecule has 0 aromatic heterocycles. The number of ether oxygens (including phenoxy) is 2. The number of rotatable bonds is 15. The van der Waals surface area contributed by atoms with Gasteiger partial charge in [0, 0.05) is 49.4 Å². The largest absolute Gasteiger partial charge is 0.444 e. The number of anilines is 1. The van der Waals surface area contributed by atoms with Crippen LogP contribution in [0.2, 0.25) is 0 Å². The first-order valence-electron chi connectivity index (χ1n) is 14.5. The van der Waals surface area contributed by atoms with E-state index in [1.807, 2.05) is 19.0 Å². The molecule has 0 aliphatic rings. The zero-order valence-electron chi connectivity index (χ0n) is 26.9. The van der Waals surface area contributed by atoms with Crippen molar-refractivity contribution >= 4 is 35.6 Å². The predicted molar refractivity (Wildman–Crippen MR) is 165 cm³/mol. The third-order valence-corrected chi connectivity index (χ3v) is 5.36. The Labute approximate surface area is 255 Å². The summed E-state index contributed by atoms with van der Waals surface area (Å²) in [6.45, 7) is 12.5. The molecule has 0 saturated heterocycles. The maximum atomic E-state index is 12.9. The minimum Gasteiger partial charge on any atom is -0.444 e. The molecule has 0 radical (unpaired) electrons. The Morgan fingerprint density at radius 3 is 1.47 bits per heavy atom. The van der Waals surface area contributed by atoms with Crippen LogP contribution in [0.25, 0.3) is 0 Å². The molecule has 242 valence electrons. The van der Waals surface area contributed by atoms with Crippen molar-refractivity contribution in [2.45, 2.75) is 78.4 Å². The van der Waals surface area contributed by atoms with E-state index in [9.17, 15) is 24.0 Å². The van der Waals surface area contributed by atoms with E-state index in [-0.39, 0.29) is 36.5 Å². The van der Waals surface area contributed by atoms with E-state index in [4.69, 9.17) is 9.47 Å². The molecule has 13 heteroatoms. The van der Waals surface area contributed by atoms with Crippen molar-refractivity contribution in [1.82, 2.24) is 26.2 Å². The van der Waals surface area contributed by atoms with Gasteiger partial charge in [-0.2, -0.15) is 0 Å². The zero-order valence-corrected chi connectivity index (χ0v) is 26.9. The number of amides is 5. The number of benzene rings is 1. The minimum absolute atomic E-state index is 0.197. The van der Waals surface area contributed by atoms with Gasteiger partial charge in [0.25, 0.3) is 11.8 Å². The molecule has 1 aromatic carbocycles. The van der Waals surface area contributed by atoms with Crippen LogP contribution in [0.15, 0.2) is 18.2 Å². The van der Waals surface area contributed by atoms with Gasteiger partial charge in [0.15, 0.2) is 0 Å². The maximum Gasteiger partial charge on any atom is 0.407 e. The normalized spacial score (nSPS) is 11.4. The molecule has 0 aliphatic carbocycles. The number of alkyl carbamates (subject to hydrolysis) is 2. The highest BCUT2D eigenvalue weighted by Gasteiger charge is 2.17. The van der Waals surface area contributed by atoms with Gasteiger partial charge in [-0.1, -0.05) is 0 Å². The summed E-state index contributed by atoms with van der Waals surface area (Å²) in [5.74, 6) is -1.10. The van der Waals surface area contributed by atoms with Gasteiger partial charge in [-0.25, -0.2) is 9.59 Å². The number of carbonyl (C=O) groups excluding carboxylic acids is 5. The fraction of sp³-hybridized carbons (Fsp3) is 0.633. The lowest BCUT2D eigenvalue weighted by atomic mass is 10.1.